The van der Waals surface area contributed by atoms with Gasteiger partial charge in [-0.05, 0) is 11.4 Å². The number of likely N-dealkylation sites (N-methyl/N-ethyl adjacent to an activating group) is 1. The maximum Gasteiger partial charge on any atom is 0.338 e. The Morgan fingerprint density at radius 3 is 2.61 bits per heavy atom. The minimum atomic E-state index is -3.44. The van der Waals surface area contributed by atoms with Gasteiger partial charge in [-0.2, -0.15) is 4.31 Å². The summed E-state index contributed by atoms with van der Waals surface area (Å²) in [5.41, 5.74) is -0.0182. The Morgan fingerprint density at radius 2 is 2.11 bits per heavy atom. The monoisotopic (exact) mass is 292 g/mol. The van der Waals surface area contributed by atoms with E-state index in [0.717, 1.165) is 21.9 Å². The van der Waals surface area contributed by atoms with Gasteiger partial charge < -0.3 is 10.4 Å². The van der Waals surface area contributed by atoms with Crippen molar-refractivity contribution < 1.29 is 23.1 Å². The zero-order valence-electron chi connectivity index (χ0n) is 9.71. The molecule has 0 saturated carbocycles. The second-order valence-electron chi connectivity index (χ2n) is 3.54. The van der Waals surface area contributed by atoms with Crippen LogP contribution in [0, 0.1) is 0 Å². The molecule has 2 N–H and O–H groups in total. The average molecular weight is 292 g/mol. The summed E-state index contributed by atoms with van der Waals surface area (Å²) in [6.07, 6.45) is 0.980. The maximum atomic E-state index is 11.5. The van der Waals surface area contributed by atoms with Gasteiger partial charge in [0.15, 0.2) is 0 Å². The van der Waals surface area contributed by atoms with Gasteiger partial charge in [0, 0.05) is 7.05 Å². The summed E-state index contributed by atoms with van der Waals surface area (Å²) in [5.74, 6) is -1.74. The number of rotatable bonds is 5. The van der Waals surface area contributed by atoms with Crippen LogP contribution in [0.5, 0.6) is 0 Å². The molecule has 0 aliphatic rings. The molecule has 0 aliphatic carbocycles. The first-order valence-electron chi connectivity index (χ1n) is 4.73. The highest BCUT2D eigenvalue weighted by Crippen LogP contribution is 2.22. The van der Waals surface area contributed by atoms with Gasteiger partial charge in [-0.1, -0.05) is 0 Å². The molecule has 0 fully saturated rings. The standard InChI is InChI=1S/C9H12N2O5S2/c1-11(18(2,15)16)5-7(12)10-8-6(9(13)14)3-4-17-8/h3-4H,5H2,1-2H3,(H,10,12)(H,13,14). The molecular formula is C9H12N2O5S2. The molecule has 0 aliphatic heterocycles. The summed E-state index contributed by atoms with van der Waals surface area (Å²) in [7, 11) is -2.18. The van der Waals surface area contributed by atoms with Crippen LogP contribution >= 0.6 is 11.3 Å². The van der Waals surface area contributed by atoms with Crippen LogP contribution in [0.1, 0.15) is 10.4 Å². The summed E-state index contributed by atoms with van der Waals surface area (Å²) in [4.78, 5) is 22.3. The Balaban J connectivity index is 2.71. The third kappa shape index (κ3) is 3.79. The quantitative estimate of drug-likeness (QED) is 0.811. The minimum Gasteiger partial charge on any atom is -0.478 e. The highest BCUT2D eigenvalue weighted by molar-refractivity contribution is 7.88. The predicted octanol–water partition coefficient (Wildman–Crippen LogP) is 0.276. The molecule has 1 aromatic heterocycles. The number of anilines is 1. The summed E-state index contributed by atoms with van der Waals surface area (Å²) in [5, 5.41) is 12.9. The largest absolute Gasteiger partial charge is 0.478 e. The van der Waals surface area contributed by atoms with E-state index in [0.29, 0.717) is 0 Å². The number of carbonyl (C=O) groups is 2. The highest BCUT2D eigenvalue weighted by Gasteiger charge is 2.18. The number of hydrogen-bond donors (Lipinski definition) is 2. The van der Waals surface area contributed by atoms with Crippen LogP contribution in [0.15, 0.2) is 11.4 Å². The van der Waals surface area contributed by atoms with Gasteiger partial charge in [-0.15, -0.1) is 11.3 Å². The molecule has 0 unspecified atom stereocenters. The molecule has 1 rings (SSSR count). The number of amides is 1. The van der Waals surface area contributed by atoms with Crippen LogP contribution in [0.2, 0.25) is 0 Å². The van der Waals surface area contributed by atoms with Crippen LogP contribution in [-0.4, -0.2) is 49.6 Å². The molecule has 1 aromatic rings. The molecule has 0 aromatic carbocycles. The Hall–Kier alpha value is -1.45. The molecule has 0 saturated heterocycles. The van der Waals surface area contributed by atoms with Crippen LogP contribution in [-0.2, 0) is 14.8 Å². The molecule has 100 valence electrons. The number of hydrogen-bond acceptors (Lipinski definition) is 5. The van der Waals surface area contributed by atoms with E-state index < -0.39 is 21.9 Å². The van der Waals surface area contributed by atoms with Crippen LogP contribution in [0.25, 0.3) is 0 Å². The average Bonchev–Trinajstić information content (AvgIpc) is 2.63. The highest BCUT2D eigenvalue weighted by atomic mass is 32.2. The van der Waals surface area contributed by atoms with Crippen molar-refractivity contribution in [2.75, 3.05) is 25.2 Å². The van der Waals surface area contributed by atoms with Gasteiger partial charge >= 0.3 is 5.97 Å². The molecule has 1 amide bonds. The van der Waals surface area contributed by atoms with Crippen molar-refractivity contribution in [2.45, 2.75) is 0 Å². The lowest BCUT2D eigenvalue weighted by atomic mass is 10.3. The van der Waals surface area contributed by atoms with Crippen LogP contribution < -0.4 is 5.32 Å². The number of carboxylic acid groups (broad SMARTS) is 1. The van der Waals surface area contributed by atoms with E-state index in [4.69, 9.17) is 5.11 Å². The van der Waals surface area contributed by atoms with E-state index in [1.807, 2.05) is 0 Å². The Kier molecular flexibility index (Phi) is 4.43. The van der Waals surface area contributed by atoms with Crippen molar-refractivity contribution in [1.82, 2.24) is 4.31 Å². The second kappa shape index (κ2) is 5.46. The number of aromatic carboxylic acids is 1. The van der Waals surface area contributed by atoms with E-state index in [2.05, 4.69) is 5.32 Å². The van der Waals surface area contributed by atoms with Crippen molar-refractivity contribution in [1.29, 1.82) is 0 Å². The molecule has 1 heterocycles. The van der Waals surface area contributed by atoms with Crippen LogP contribution in [0.4, 0.5) is 5.00 Å². The topological polar surface area (TPSA) is 104 Å². The fraction of sp³-hybridized carbons (Fsp3) is 0.333. The number of sulfonamides is 1. The lowest BCUT2D eigenvalue weighted by Crippen LogP contribution is -2.34. The Morgan fingerprint density at radius 1 is 1.50 bits per heavy atom. The van der Waals surface area contributed by atoms with Gasteiger partial charge in [0.2, 0.25) is 15.9 Å². The number of carboxylic acids is 1. The SMILES string of the molecule is CN(CC(=O)Nc1sccc1C(=O)O)S(C)(=O)=O. The van der Waals surface area contributed by atoms with Crippen molar-refractivity contribution in [3.8, 4) is 0 Å². The molecular weight excluding hydrogens is 280 g/mol. The molecule has 18 heavy (non-hydrogen) atoms. The zero-order chi connectivity index (χ0) is 13.9. The minimum absolute atomic E-state index is 0.0182. The summed E-state index contributed by atoms with van der Waals surface area (Å²) in [6, 6.07) is 1.36. The molecule has 0 atom stereocenters. The number of carbonyl (C=O) groups excluding carboxylic acids is 1. The third-order valence-corrected chi connectivity index (χ3v) is 4.17. The molecule has 0 spiro atoms. The lowest BCUT2D eigenvalue weighted by Gasteiger charge is -2.13. The second-order valence-corrected chi connectivity index (χ2v) is 6.54. The molecule has 9 heteroatoms. The van der Waals surface area contributed by atoms with Crippen molar-refractivity contribution in [2.24, 2.45) is 0 Å². The number of nitrogens with one attached hydrogen (secondary N) is 1. The van der Waals surface area contributed by atoms with E-state index >= 15 is 0 Å². The Bertz CT molecular complexity index is 563. The van der Waals surface area contributed by atoms with Crippen molar-refractivity contribution >= 4 is 38.2 Å². The smallest absolute Gasteiger partial charge is 0.338 e. The van der Waals surface area contributed by atoms with E-state index in [-0.39, 0.29) is 17.1 Å². The first kappa shape index (κ1) is 14.6. The van der Waals surface area contributed by atoms with Gasteiger partial charge in [-0.25, -0.2) is 13.2 Å². The van der Waals surface area contributed by atoms with Crippen molar-refractivity contribution in [3.63, 3.8) is 0 Å². The number of thiophene rings is 1. The molecule has 0 radical (unpaired) electrons. The lowest BCUT2D eigenvalue weighted by molar-refractivity contribution is -0.116. The molecule has 0 bridgehead atoms. The number of nitrogens with zero attached hydrogens (tertiary/aromatic N) is 1. The van der Waals surface area contributed by atoms with E-state index in [1.54, 1.807) is 0 Å². The summed E-state index contributed by atoms with van der Waals surface area (Å²) >= 11 is 1.06. The third-order valence-electron chi connectivity index (χ3n) is 2.08. The zero-order valence-corrected chi connectivity index (χ0v) is 11.3. The van der Waals surface area contributed by atoms with E-state index in [1.165, 1.54) is 18.5 Å². The normalized spacial score (nSPS) is 11.5. The fourth-order valence-corrected chi connectivity index (χ4v) is 2.21. The van der Waals surface area contributed by atoms with Gasteiger partial charge in [0.25, 0.3) is 0 Å². The van der Waals surface area contributed by atoms with Gasteiger partial charge in [0.05, 0.1) is 18.4 Å². The first-order valence-corrected chi connectivity index (χ1v) is 7.46. The Labute approximate surface area is 108 Å². The van der Waals surface area contributed by atoms with Crippen LogP contribution in [0.3, 0.4) is 0 Å². The summed E-state index contributed by atoms with van der Waals surface area (Å²) in [6.45, 7) is -0.365. The fourth-order valence-electron chi connectivity index (χ4n) is 1.06. The maximum absolute atomic E-state index is 11.5. The van der Waals surface area contributed by atoms with E-state index in [9.17, 15) is 18.0 Å². The summed E-state index contributed by atoms with van der Waals surface area (Å²) < 4.78 is 23.1. The first-order chi connectivity index (χ1) is 8.21. The molecule has 7 nitrogen and oxygen atoms in total. The van der Waals surface area contributed by atoms with Gasteiger partial charge in [-0.3, -0.25) is 4.79 Å². The van der Waals surface area contributed by atoms with Crippen molar-refractivity contribution in [3.05, 3.63) is 17.0 Å². The van der Waals surface area contributed by atoms with Gasteiger partial charge in [0.1, 0.15) is 5.00 Å². The predicted molar refractivity (Wildman–Crippen MR) is 67.4 cm³/mol.